The van der Waals surface area contributed by atoms with Gasteiger partial charge in [0.2, 0.25) is 0 Å². The monoisotopic (exact) mass is 276 g/mol. The maximum Gasteiger partial charge on any atom is 0.0564 e. The Morgan fingerprint density at radius 2 is 1.85 bits per heavy atom. The second kappa shape index (κ2) is 7.65. The molecular weight excluding hydrogens is 248 g/mol. The first-order chi connectivity index (χ1) is 9.72. The molecule has 1 aliphatic rings. The average molecular weight is 276 g/mol. The van der Waals surface area contributed by atoms with Gasteiger partial charge in [-0.3, -0.25) is 4.90 Å². The van der Waals surface area contributed by atoms with Gasteiger partial charge in [-0.2, -0.15) is 0 Å². The Labute approximate surface area is 123 Å². The third-order valence-electron chi connectivity index (χ3n) is 4.31. The number of aliphatic hydroxyl groups is 1. The number of anilines is 1. The van der Waals surface area contributed by atoms with Crippen LogP contribution in [0.2, 0.25) is 0 Å². The highest BCUT2D eigenvalue weighted by molar-refractivity contribution is 5.51. The quantitative estimate of drug-likeness (QED) is 0.837. The van der Waals surface area contributed by atoms with Crippen molar-refractivity contribution in [3.05, 3.63) is 29.8 Å². The number of nitrogens with zero attached hydrogens (tertiary/aromatic N) is 1. The zero-order chi connectivity index (χ0) is 14.4. The molecule has 1 aromatic rings. The lowest BCUT2D eigenvalue weighted by Crippen LogP contribution is -2.35. The van der Waals surface area contributed by atoms with E-state index in [1.54, 1.807) is 0 Å². The van der Waals surface area contributed by atoms with Crippen LogP contribution in [0.4, 0.5) is 5.69 Å². The van der Waals surface area contributed by atoms with Crippen LogP contribution in [0, 0.1) is 0 Å². The number of benzene rings is 1. The number of para-hydroxylation sites is 1. The first kappa shape index (κ1) is 15.3. The Hall–Kier alpha value is -1.06. The number of likely N-dealkylation sites (tertiary alicyclic amines) is 1. The molecule has 0 aliphatic carbocycles. The molecule has 20 heavy (non-hydrogen) atoms. The van der Waals surface area contributed by atoms with Gasteiger partial charge in [-0.05, 0) is 37.3 Å². The van der Waals surface area contributed by atoms with E-state index in [0.29, 0.717) is 6.04 Å². The molecule has 1 heterocycles. The molecule has 3 nitrogen and oxygen atoms in total. The fourth-order valence-electron chi connectivity index (χ4n) is 2.83. The van der Waals surface area contributed by atoms with Crippen LogP contribution in [0.25, 0.3) is 0 Å². The third kappa shape index (κ3) is 4.22. The van der Waals surface area contributed by atoms with Gasteiger partial charge < -0.3 is 10.4 Å². The van der Waals surface area contributed by atoms with Crippen LogP contribution in [0.1, 0.15) is 45.1 Å². The van der Waals surface area contributed by atoms with Gasteiger partial charge in [0, 0.05) is 31.4 Å². The standard InChI is InChI=1S/C17H28N2O/c1-3-15(4-2)18-17-8-6-5-7-14(17)13-19-11-9-16(20)10-12-19/h5-8,15-16,18,20H,3-4,9-13H2,1-2H3. The van der Waals surface area contributed by atoms with Gasteiger partial charge in [-0.1, -0.05) is 32.0 Å². The summed E-state index contributed by atoms with van der Waals surface area (Å²) in [6.45, 7) is 7.45. The van der Waals surface area contributed by atoms with Gasteiger partial charge in [-0.25, -0.2) is 0 Å². The molecule has 0 unspecified atom stereocenters. The highest BCUT2D eigenvalue weighted by Crippen LogP contribution is 2.21. The topological polar surface area (TPSA) is 35.5 Å². The predicted octanol–water partition coefficient (Wildman–Crippen LogP) is 3.24. The number of nitrogens with one attached hydrogen (secondary N) is 1. The number of aliphatic hydroxyl groups excluding tert-OH is 1. The number of hydrogen-bond acceptors (Lipinski definition) is 3. The lowest BCUT2D eigenvalue weighted by atomic mass is 10.1. The summed E-state index contributed by atoms with van der Waals surface area (Å²) in [5.41, 5.74) is 2.64. The molecule has 0 amide bonds. The highest BCUT2D eigenvalue weighted by Gasteiger charge is 2.18. The summed E-state index contributed by atoms with van der Waals surface area (Å²) in [6, 6.07) is 9.18. The van der Waals surface area contributed by atoms with Gasteiger partial charge in [0.1, 0.15) is 0 Å². The van der Waals surface area contributed by atoms with E-state index in [0.717, 1.165) is 45.3 Å². The molecule has 0 saturated carbocycles. The Morgan fingerprint density at radius 3 is 2.50 bits per heavy atom. The lowest BCUT2D eigenvalue weighted by Gasteiger charge is -2.30. The van der Waals surface area contributed by atoms with E-state index in [2.05, 4.69) is 48.3 Å². The van der Waals surface area contributed by atoms with E-state index in [9.17, 15) is 5.11 Å². The molecule has 1 aromatic carbocycles. The smallest absolute Gasteiger partial charge is 0.0564 e. The first-order valence-corrected chi connectivity index (χ1v) is 7.97. The van der Waals surface area contributed by atoms with Gasteiger partial charge in [0.25, 0.3) is 0 Å². The van der Waals surface area contributed by atoms with E-state index < -0.39 is 0 Å². The van der Waals surface area contributed by atoms with E-state index in [1.165, 1.54) is 11.3 Å². The molecule has 1 aliphatic heterocycles. The van der Waals surface area contributed by atoms with E-state index in [-0.39, 0.29) is 6.10 Å². The maximum atomic E-state index is 9.59. The normalized spacial score (nSPS) is 17.6. The van der Waals surface area contributed by atoms with Gasteiger partial charge in [0.15, 0.2) is 0 Å². The number of rotatable bonds is 6. The van der Waals surface area contributed by atoms with Crippen molar-refractivity contribution in [3.63, 3.8) is 0 Å². The second-order valence-electron chi connectivity index (χ2n) is 5.82. The third-order valence-corrected chi connectivity index (χ3v) is 4.31. The Bertz CT molecular complexity index is 396. The fraction of sp³-hybridized carbons (Fsp3) is 0.647. The zero-order valence-corrected chi connectivity index (χ0v) is 12.8. The summed E-state index contributed by atoms with van der Waals surface area (Å²) in [7, 11) is 0. The van der Waals surface area contributed by atoms with Crippen molar-refractivity contribution >= 4 is 5.69 Å². The van der Waals surface area contributed by atoms with Crippen molar-refractivity contribution in [1.82, 2.24) is 4.90 Å². The second-order valence-corrected chi connectivity index (χ2v) is 5.82. The molecule has 2 rings (SSSR count). The summed E-state index contributed by atoms with van der Waals surface area (Å²) >= 11 is 0. The minimum Gasteiger partial charge on any atom is -0.393 e. The Kier molecular flexibility index (Phi) is 5.86. The number of piperidine rings is 1. The summed E-state index contributed by atoms with van der Waals surface area (Å²) in [4.78, 5) is 2.44. The van der Waals surface area contributed by atoms with Crippen LogP contribution in [0.5, 0.6) is 0 Å². The molecule has 0 bridgehead atoms. The largest absolute Gasteiger partial charge is 0.393 e. The Morgan fingerprint density at radius 1 is 1.20 bits per heavy atom. The molecule has 3 heteroatoms. The van der Waals surface area contributed by atoms with Crippen molar-refractivity contribution in [3.8, 4) is 0 Å². The molecule has 2 N–H and O–H groups in total. The zero-order valence-electron chi connectivity index (χ0n) is 12.8. The molecule has 112 valence electrons. The molecule has 1 fully saturated rings. The van der Waals surface area contributed by atoms with Gasteiger partial charge in [0.05, 0.1) is 6.10 Å². The van der Waals surface area contributed by atoms with Crippen molar-refractivity contribution in [2.75, 3.05) is 18.4 Å². The van der Waals surface area contributed by atoms with Crippen molar-refractivity contribution in [2.45, 2.75) is 58.2 Å². The van der Waals surface area contributed by atoms with Gasteiger partial charge >= 0.3 is 0 Å². The van der Waals surface area contributed by atoms with Gasteiger partial charge in [-0.15, -0.1) is 0 Å². The van der Waals surface area contributed by atoms with Crippen molar-refractivity contribution in [2.24, 2.45) is 0 Å². The summed E-state index contributed by atoms with van der Waals surface area (Å²) in [5, 5.41) is 13.3. The molecule has 0 atom stereocenters. The molecule has 1 saturated heterocycles. The molecule has 0 spiro atoms. The van der Waals surface area contributed by atoms with Crippen LogP contribution in [-0.2, 0) is 6.54 Å². The van der Waals surface area contributed by atoms with Crippen LogP contribution >= 0.6 is 0 Å². The van der Waals surface area contributed by atoms with Crippen LogP contribution < -0.4 is 5.32 Å². The molecule has 0 radical (unpaired) electrons. The minimum absolute atomic E-state index is 0.0934. The maximum absolute atomic E-state index is 9.59. The van der Waals surface area contributed by atoms with Crippen LogP contribution in [0.15, 0.2) is 24.3 Å². The van der Waals surface area contributed by atoms with Crippen LogP contribution in [0.3, 0.4) is 0 Å². The summed E-state index contributed by atoms with van der Waals surface area (Å²) in [5.74, 6) is 0. The average Bonchev–Trinajstić information content (AvgIpc) is 2.48. The predicted molar refractivity (Wildman–Crippen MR) is 85.0 cm³/mol. The van der Waals surface area contributed by atoms with E-state index in [4.69, 9.17) is 0 Å². The van der Waals surface area contributed by atoms with E-state index >= 15 is 0 Å². The van der Waals surface area contributed by atoms with Crippen molar-refractivity contribution < 1.29 is 5.11 Å². The van der Waals surface area contributed by atoms with E-state index in [1.807, 2.05) is 0 Å². The fourth-order valence-corrected chi connectivity index (χ4v) is 2.83. The minimum atomic E-state index is -0.0934. The first-order valence-electron chi connectivity index (χ1n) is 7.97. The number of hydrogen-bond donors (Lipinski definition) is 2. The summed E-state index contributed by atoms with van der Waals surface area (Å²) < 4.78 is 0. The van der Waals surface area contributed by atoms with Crippen LogP contribution in [-0.4, -0.2) is 35.2 Å². The lowest BCUT2D eigenvalue weighted by molar-refractivity contribution is 0.0793. The van der Waals surface area contributed by atoms with Crippen molar-refractivity contribution in [1.29, 1.82) is 0 Å². The summed E-state index contributed by atoms with van der Waals surface area (Å²) in [6.07, 6.45) is 4.02. The Balaban J connectivity index is 2.00. The SMILES string of the molecule is CCC(CC)Nc1ccccc1CN1CCC(O)CC1. The molecular formula is C17H28N2O. The molecule has 0 aromatic heterocycles. The highest BCUT2D eigenvalue weighted by atomic mass is 16.3.